The van der Waals surface area contributed by atoms with E-state index in [0.29, 0.717) is 11.6 Å². The molecule has 0 saturated heterocycles. The van der Waals surface area contributed by atoms with Gasteiger partial charge in [-0.15, -0.1) is 0 Å². The maximum absolute atomic E-state index is 12.0. The van der Waals surface area contributed by atoms with Gasteiger partial charge in [0.15, 0.2) is 0 Å². The van der Waals surface area contributed by atoms with Crippen LogP contribution in [-0.4, -0.2) is 17.9 Å². The first-order valence-corrected chi connectivity index (χ1v) is 8.14. The van der Waals surface area contributed by atoms with E-state index in [9.17, 15) is 9.59 Å². The third-order valence-electron chi connectivity index (χ3n) is 4.01. The van der Waals surface area contributed by atoms with Gasteiger partial charge in [-0.1, -0.05) is 25.8 Å². The number of halogens is 1. The van der Waals surface area contributed by atoms with Crippen LogP contribution in [0.3, 0.4) is 0 Å². The van der Waals surface area contributed by atoms with E-state index in [1.54, 1.807) is 6.07 Å². The Hall–Kier alpha value is -1.36. The second-order valence-electron chi connectivity index (χ2n) is 5.78. The Morgan fingerprint density at radius 1 is 1.19 bits per heavy atom. The minimum absolute atomic E-state index is 0.110. The molecule has 1 aromatic rings. The molecule has 5 heteroatoms. The Bertz CT molecular complexity index is 545. The zero-order valence-electron chi connectivity index (χ0n) is 12.4. The highest BCUT2D eigenvalue weighted by atomic mass is 79.9. The van der Waals surface area contributed by atoms with Crippen LogP contribution in [0.1, 0.15) is 38.2 Å². The van der Waals surface area contributed by atoms with E-state index < -0.39 is 11.8 Å². The van der Waals surface area contributed by atoms with E-state index in [2.05, 4.69) is 33.5 Å². The largest absolute Gasteiger partial charge is 0.345 e. The van der Waals surface area contributed by atoms with Gasteiger partial charge in [-0.3, -0.25) is 9.59 Å². The van der Waals surface area contributed by atoms with Gasteiger partial charge in [0, 0.05) is 10.5 Å². The molecule has 0 aromatic heterocycles. The van der Waals surface area contributed by atoms with E-state index >= 15 is 0 Å². The fourth-order valence-corrected chi connectivity index (χ4v) is 3.26. The number of carbonyl (C=O) groups excluding carboxylic acids is 2. The smallest absolute Gasteiger partial charge is 0.313 e. The molecule has 1 aromatic carbocycles. The van der Waals surface area contributed by atoms with Gasteiger partial charge in [0.25, 0.3) is 0 Å². The summed E-state index contributed by atoms with van der Waals surface area (Å²) in [5, 5.41) is 5.50. The van der Waals surface area contributed by atoms with Crippen LogP contribution in [0.5, 0.6) is 0 Å². The Morgan fingerprint density at radius 2 is 1.90 bits per heavy atom. The van der Waals surface area contributed by atoms with Crippen molar-refractivity contribution in [1.82, 2.24) is 5.32 Å². The monoisotopic (exact) mass is 352 g/mol. The molecule has 0 radical (unpaired) electrons. The van der Waals surface area contributed by atoms with Crippen LogP contribution in [0.4, 0.5) is 5.69 Å². The number of nitrogens with one attached hydrogen (secondary N) is 2. The van der Waals surface area contributed by atoms with E-state index in [4.69, 9.17) is 0 Å². The lowest BCUT2D eigenvalue weighted by atomic mass is 9.86. The van der Waals surface area contributed by atoms with Gasteiger partial charge >= 0.3 is 11.8 Å². The molecule has 2 N–H and O–H groups in total. The zero-order valence-corrected chi connectivity index (χ0v) is 14.0. The van der Waals surface area contributed by atoms with Gasteiger partial charge in [0.05, 0.1) is 5.69 Å². The normalized spacial score (nSPS) is 21.7. The molecular formula is C16H21BrN2O2. The molecule has 1 fully saturated rings. The lowest BCUT2D eigenvalue weighted by molar-refractivity contribution is -0.137. The predicted octanol–water partition coefficient (Wildman–Crippen LogP) is 3.39. The van der Waals surface area contributed by atoms with Crippen LogP contribution in [0.25, 0.3) is 0 Å². The van der Waals surface area contributed by atoms with Crippen molar-refractivity contribution < 1.29 is 9.59 Å². The molecule has 0 heterocycles. The first-order chi connectivity index (χ1) is 9.97. The summed E-state index contributed by atoms with van der Waals surface area (Å²) in [4.78, 5) is 24.0. The molecule has 1 aliphatic carbocycles. The molecule has 2 atom stereocenters. The van der Waals surface area contributed by atoms with E-state index in [0.717, 1.165) is 29.3 Å². The summed E-state index contributed by atoms with van der Waals surface area (Å²) in [5.41, 5.74) is 1.69. The number of rotatable bonds is 2. The average molecular weight is 353 g/mol. The van der Waals surface area contributed by atoms with Gasteiger partial charge in [0.2, 0.25) is 0 Å². The molecule has 2 unspecified atom stereocenters. The summed E-state index contributed by atoms with van der Waals surface area (Å²) in [6.45, 7) is 4.09. The third kappa shape index (κ3) is 4.30. The number of hydrogen-bond donors (Lipinski definition) is 2. The molecule has 4 nitrogen and oxygen atoms in total. The van der Waals surface area contributed by atoms with Gasteiger partial charge in [-0.05, 0) is 59.3 Å². The van der Waals surface area contributed by atoms with E-state index in [1.807, 2.05) is 19.1 Å². The zero-order chi connectivity index (χ0) is 15.4. The second kappa shape index (κ2) is 7.07. The Labute approximate surface area is 133 Å². The average Bonchev–Trinajstić information content (AvgIpc) is 2.44. The SMILES string of the molecule is Cc1ccc(NC(=O)C(=O)NC2CCCCC2C)c(Br)c1. The predicted molar refractivity (Wildman–Crippen MR) is 87.1 cm³/mol. The second-order valence-corrected chi connectivity index (χ2v) is 6.63. The summed E-state index contributed by atoms with van der Waals surface area (Å²) in [6.07, 6.45) is 4.38. The van der Waals surface area contributed by atoms with Crippen molar-refractivity contribution in [2.75, 3.05) is 5.32 Å². The van der Waals surface area contributed by atoms with Gasteiger partial charge in [-0.2, -0.15) is 0 Å². The molecule has 1 aliphatic rings. The van der Waals surface area contributed by atoms with Gasteiger partial charge in [0.1, 0.15) is 0 Å². The first kappa shape index (κ1) is 16.0. The summed E-state index contributed by atoms with van der Waals surface area (Å²) in [6, 6.07) is 5.69. The molecular weight excluding hydrogens is 332 g/mol. The standard InChI is InChI=1S/C16H21BrN2O2/c1-10-7-8-14(12(17)9-10)19-16(21)15(20)18-13-6-4-3-5-11(13)2/h7-9,11,13H,3-6H2,1-2H3,(H,18,20)(H,19,21). The van der Waals surface area contributed by atoms with Crippen LogP contribution in [-0.2, 0) is 9.59 Å². The summed E-state index contributed by atoms with van der Waals surface area (Å²) >= 11 is 3.39. The molecule has 2 amide bonds. The first-order valence-electron chi connectivity index (χ1n) is 7.35. The highest BCUT2D eigenvalue weighted by Crippen LogP contribution is 2.24. The molecule has 2 rings (SSSR count). The van der Waals surface area contributed by atoms with Crippen LogP contribution >= 0.6 is 15.9 Å². The Morgan fingerprint density at radius 3 is 2.57 bits per heavy atom. The van der Waals surface area contributed by atoms with Crippen molar-refractivity contribution in [2.24, 2.45) is 5.92 Å². The number of anilines is 1. The number of hydrogen-bond acceptors (Lipinski definition) is 2. The third-order valence-corrected chi connectivity index (χ3v) is 4.66. The van der Waals surface area contributed by atoms with Crippen molar-refractivity contribution in [1.29, 1.82) is 0 Å². The summed E-state index contributed by atoms with van der Waals surface area (Å²) in [7, 11) is 0. The fourth-order valence-electron chi connectivity index (χ4n) is 2.67. The number of amides is 2. The lowest BCUT2D eigenvalue weighted by Gasteiger charge is -2.29. The highest BCUT2D eigenvalue weighted by Gasteiger charge is 2.25. The summed E-state index contributed by atoms with van der Waals surface area (Å²) < 4.78 is 0.773. The Kier molecular flexibility index (Phi) is 5.39. The maximum Gasteiger partial charge on any atom is 0.313 e. The van der Waals surface area contributed by atoms with Crippen LogP contribution < -0.4 is 10.6 Å². The van der Waals surface area contributed by atoms with Crippen molar-refractivity contribution in [3.05, 3.63) is 28.2 Å². The number of aryl methyl sites for hydroxylation is 1. The van der Waals surface area contributed by atoms with Crippen LogP contribution in [0.2, 0.25) is 0 Å². The van der Waals surface area contributed by atoms with Gasteiger partial charge in [-0.25, -0.2) is 0 Å². The van der Waals surface area contributed by atoms with Crippen molar-refractivity contribution >= 4 is 33.4 Å². The maximum atomic E-state index is 12.0. The van der Waals surface area contributed by atoms with Crippen molar-refractivity contribution in [3.8, 4) is 0 Å². The van der Waals surface area contributed by atoms with Crippen LogP contribution in [0, 0.1) is 12.8 Å². The minimum Gasteiger partial charge on any atom is -0.345 e. The summed E-state index contributed by atoms with van der Waals surface area (Å²) in [5.74, 6) is -0.736. The number of benzene rings is 1. The number of carbonyl (C=O) groups is 2. The lowest BCUT2D eigenvalue weighted by Crippen LogP contribution is -2.45. The van der Waals surface area contributed by atoms with Crippen LogP contribution in [0.15, 0.2) is 22.7 Å². The molecule has 0 spiro atoms. The van der Waals surface area contributed by atoms with E-state index in [1.165, 1.54) is 6.42 Å². The molecule has 0 bridgehead atoms. The molecule has 21 heavy (non-hydrogen) atoms. The van der Waals surface area contributed by atoms with Crippen molar-refractivity contribution in [3.63, 3.8) is 0 Å². The van der Waals surface area contributed by atoms with Gasteiger partial charge < -0.3 is 10.6 Å². The molecule has 114 valence electrons. The molecule has 1 saturated carbocycles. The highest BCUT2D eigenvalue weighted by molar-refractivity contribution is 9.10. The van der Waals surface area contributed by atoms with Crippen molar-refractivity contribution in [2.45, 2.75) is 45.6 Å². The fraction of sp³-hybridized carbons (Fsp3) is 0.500. The topological polar surface area (TPSA) is 58.2 Å². The minimum atomic E-state index is -0.614. The molecule has 0 aliphatic heterocycles. The van der Waals surface area contributed by atoms with E-state index in [-0.39, 0.29) is 6.04 Å². The Balaban J connectivity index is 1.94. The quantitative estimate of drug-likeness (QED) is 0.801.